The van der Waals surface area contributed by atoms with Crippen molar-refractivity contribution in [2.24, 2.45) is 4.99 Å². The van der Waals surface area contributed by atoms with Gasteiger partial charge >= 0.3 is 6.18 Å². The molecule has 0 bridgehead atoms. The third-order valence-electron chi connectivity index (χ3n) is 5.08. The highest BCUT2D eigenvalue weighted by molar-refractivity contribution is 8.02. The van der Waals surface area contributed by atoms with Crippen molar-refractivity contribution in [3.63, 3.8) is 0 Å². The Kier molecular flexibility index (Phi) is 13.7. The van der Waals surface area contributed by atoms with Crippen LogP contribution in [0.2, 0.25) is 0 Å². The second-order valence-corrected chi connectivity index (χ2v) is 8.32. The topological polar surface area (TPSA) is 47.6 Å². The van der Waals surface area contributed by atoms with Gasteiger partial charge in [-0.15, -0.1) is 11.8 Å². The zero-order valence-electron chi connectivity index (χ0n) is 21.7. The lowest BCUT2D eigenvalue weighted by molar-refractivity contribution is -0.137. The highest BCUT2D eigenvalue weighted by Crippen LogP contribution is 2.29. The molecule has 0 saturated carbocycles. The SMILES string of the molecule is C=N/C(C)=C(/COc1ccc(C(CC)c2ncco2)cc1)SC.CC.Cc1ccc(C(F)(F)F)cc1. The van der Waals surface area contributed by atoms with E-state index in [1.165, 1.54) is 17.7 Å². The van der Waals surface area contributed by atoms with Crippen molar-refractivity contribution >= 4 is 18.5 Å². The van der Waals surface area contributed by atoms with Crippen LogP contribution < -0.4 is 4.74 Å². The van der Waals surface area contributed by atoms with Crippen molar-refractivity contribution in [1.29, 1.82) is 0 Å². The Morgan fingerprint density at radius 1 is 1.11 bits per heavy atom. The van der Waals surface area contributed by atoms with E-state index >= 15 is 0 Å². The normalized spacial score (nSPS) is 12.2. The highest BCUT2D eigenvalue weighted by atomic mass is 32.2. The van der Waals surface area contributed by atoms with Crippen molar-refractivity contribution in [2.75, 3.05) is 12.9 Å². The van der Waals surface area contributed by atoms with Gasteiger partial charge in [-0.05, 0) is 63.1 Å². The van der Waals surface area contributed by atoms with Crippen LogP contribution in [0.4, 0.5) is 13.2 Å². The third kappa shape index (κ3) is 9.93. The van der Waals surface area contributed by atoms with E-state index in [0.717, 1.165) is 46.4 Å². The Bertz CT molecular complexity index is 1050. The third-order valence-corrected chi connectivity index (χ3v) is 5.98. The number of allylic oxidation sites excluding steroid dienone is 1. The molecule has 3 rings (SSSR count). The fourth-order valence-corrected chi connectivity index (χ4v) is 3.58. The number of ether oxygens (including phenoxy) is 1. The lowest BCUT2D eigenvalue weighted by Gasteiger charge is -2.13. The second kappa shape index (κ2) is 15.9. The number of aromatic nitrogens is 1. The van der Waals surface area contributed by atoms with Crippen molar-refractivity contribution in [3.05, 3.63) is 94.2 Å². The van der Waals surface area contributed by atoms with Gasteiger partial charge in [-0.25, -0.2) is 4.98 Å². The van der Waals surface area contributed by atoms with E-state index in [1.807, 2.05) is 39.2 Å². The average molecular weight is 521 g/mol. The second-order valence-electron chi connectivity index (χ2n) is 7.42. The average Bonchev–Trinajstić information content (AvgIpc) is 3.41. The highest BCUT2D eigenvalue weighted by Gasteiger charge is 2.29. The Morgan fingerprint density at radius 2 is 1.72 bits per heavy atom. The van der Waals surface area contributed by atoms with E-state index in [-0.39, 0.29) is 5.92 Å². The Morgan fingerprint density at radius 3 is 2.17 bits per heavy atom. The number of halogens is 3. The summed E-state index contributed by atoms with van der Waals surface area (Å²) in [5.74, 6) is 1.76. The number of hydrogen-bond acceptors (Lipinski definition) is 5. The number of rotatable bonds is 8. The molecule has 0 fully saturated rings. The van der Waals surface area contributed by atoms with Gasteiger partial charge in [-0.3, -0.25) is 4.99 Å². The first-order valence-electron chi connectivity index (χ1n) is 11.7. The number of nitrogens with zero attached hydrogens (tertiary/aromatic N) is 2. The summed E-state index contributed by atoms with van der Waals surface area (Å²) >= 11 is 1.63. The molecule has 2 aromatic carbocycles. The van der Waals surface area contributed by atoms with Crippen molar-refractivity contribution < 1.29 is 22.3 Å². The zero-order valence-corrected chi connectivity index (χ0v) is 22.5. The number of aryl methyl sites for hydroxylation is 1. The molecule has 3 aromatic rings. The van der Waals surface area contributed by atoms with E-state index in [9.17, 15) is 13.2 Å². The molecule has 36 heavy (non-hydrogen) atoms. The van der Waals surface area contributed by atoms with E-state index in [0.29, 0.717) is 6.61 Å². The van der Waals surface area contributed by atoms with Gasteiger partial charge < -0.3 is 9.15 Å². The maximum Gasteiger partial charge on any atom is 0.416 e. The van der Waals surface area contributed by atoms with Gasteiger partial charge in [0.1, 0.15) is 18.6 Å². The number of thioether (sulfide) groups is 1. The van der Waals surface area contributed by atoms with Crippen molar-refractivity contribution in [3.8, 4) is 5.75 Å². The van der Waals surface area contributed by atoms with Crippen LogP contribution in [-0.2, 0) is 6.18 Å². The fourth-order valence-electron chi connectivity index (χ4n) is 3.05. The molecule has 0 N–H and O–H groups in total. The van der Waals surface area contributed by atoms with Crippen LogP contribution in [0.3, 0.4) is 0 Å². The minimum absolute atomic E-state index is 0.174. The van der Waals surface area contributed by atoms with Gasteiger partial charge in [0.15, 0.2) is 0 Å². The fraction of sp³-hybridized carbons (Fsp3) is 0.357. The molecule has 196 valence electrons. The number of hydrogen-bond donors (Lipinski definition) is 0. The monoisotopic (exact) mass is 520 g/mol. The standard InChI is InChI=1S/C18H22N2O2S.C8H7F3.C2H6/c1-5-16(18-20-10-11-21-18)14-6-8-15(9-7-14)22-12-17(23-4)13(2)19-3;1-6-2-4-7(5-3-6)8(9,10)11;1-2/h6-11,16H,3,5,12H2,1-2,4H3;2-5H,1H3;1-2H3/b17-13-;;. The summed E-state index contributed by atoms with van der Waals surface area (Å²) in [5, 5.41) is 0. The maximum absolute atomic E-state index is 11.9. The van der Waals surface area contributed by atoms with Crippen molar-refractivity contribution in [2.45, 2.75) is 53.1 Å². The van der Waals surface area contributed by atoms with Gasteiger partial charge in [-0.2, -0.15) is 13.2 Å². The van der Waals surface area contributed by atoms with Crippen molar-refractivity contribution in [1.82, 2.24) is 4.98 Å². The van der Waals surface area contributed by atoms with E-state index in [4.69, 9.17) is 9.15 Å². The molecule has 1 aromatic heterocycles. The minimum Gasteiger partial charge on any atom is -0.488 e. The van der Waals surface area contributed by atoms with E-state index < -0.39 is 11.7 Å². The van der Waals surface area contributed by atoms with Gasteiger partial charge in [0, 0.05) is 10.6 Å². The lowest BCUT2D eigenvalue weighted by Crippen LogP contribution is -2.03. The Balaban J connectivity index is 0.000000417. The number of oxazole rings is 1. The summed E-state index contributed by atoms with van der Waals surface area (Å²) < 4.78 is 47.0. The van der Waals surface area contributed by atoms with Crippen LogP contribution in [0.5, 0.6) is 5.75 Å². The van der Waals surface area contributed by atoms with Gasteiger partial charge in [0.2, 0.25) is 5.89 Å². The quantitative estimate of drug-likeness (QED) is 0.278. The molecular formula is C28H35F3N2O2S. The zero-order chi connectivity index (χ0) is 27.1. The van der Waals surface area contributed by atoms with Gasteiger partial charge in [-0.1, -0.05) is 50.6 Å². The summed E-state index contributed by atoms with van der Waals surface area (Å²) in [6.07, 6.45) is 2.03. The molecule has 0 aliphatic heterocycles. The lowest BCUT2D eigenvalue weighted by atomic mass is 9.96. The van der Waals surface area contributed by atoms with E-state index in [1.54, 1.807) is 31.1 Å². The largest absolute Gasteiger partial charge is 0.488 e. The first-order valence-corrected chi connectivity index (χ1v) is 12.9. The Hall–Kier alpha value is -3.00. The van der Waals surface area contributed by atoms with Gasteiger partial charge in [0.05, 0.1) is 17.7 Å². The predicted molar refractivity (Wildman–Crippen MR) is 144 cm³/mol. The molecule has 0 saturated heterocycles. The molecule has 0 amide bonds. The van der Waals surface area contributed by atoms with Crippen LogP contribution in [0.1, 0.15) is 62.6 Å². The molecule has 1 heterocycles. The van der Waals surface area contributed by atoms with Crippen LogP contribution in [0, 0.1) is 6.92 Å². The number of benzene rings is 2. The molecule has 0 aliphatic rings. The summed E-state index contributed by atoms with van der Waals surface area (Å²) in [7, 11) is 0. The molecule has 8 heteroatoms. The minimum atomic E-state index is -4.21. The summed E-state index contributed by atoms with van der Waals surface area (Å²) in [6, 6.07) is 13.1. The number of alkyl halides is 3. The maximum atomic E-state index is 11.9. The number of aliphatic imine (C=N–C) groups is 1. The molecule has 1 atom stereocenters. The molecule has 0 aliphatic carbocycles. The molecule has 0 radical (unpaired) electrons. The molecule has 0 spiro atoms. The summed E-state index contributed by atoms with van der Waals surface area (Å²) in [6.45, 7) is 13.9. The van der Waals surface area contributed by atoms with Crippen LogP contribution in [0.15, 0.2) is 81.0 Å². The summed E-state index contributed by atoms with van der Waals surface area (Å²) in [4.78, 5) is 9.30. The van der Waals surface area contributed by atoms with Gasteiger partial charge in [0.25, 0.3) is 0 Å². The summed E-state index contributed by atoms with van der Waals surface area (Å²) in [5.41, 5.74) is 2.32. The first kappa shape index (κ1) is 31.0. The smallest absolute Gasteiger partial charge is 0.416 e. The predicted octanol–water partition coefficient (Wildman–Crippen LogP) is 8.93. The van der Waals surface area contributed by atoms with E-state index in [2.05, 4.69) is 35.8 Å². The Labute approximate surface area is 216 Å². The molecule has 4 nitrogen and oxygen atoms in total. The van der Waals surface area contributed by atoms with Crippen LogP contribution in [-0.4, -0.2) is 24.6 Å². The van der Waals surface area contributed by atoms with Crippen LogP contribution in [0.25, 0.3) is 0 Å². The molecule has 1 unspecified atom stereocenters. The molecular weight excluding hydrogens is 485 g/mol. The first-order chi connectivity index (χ1) is 17.2. The van der Waals surface area contributed by atoms with Crippen LogP contribution >= 0.6 is 11.8 Å².